The third-order valence-corrected chi connectivity index (χ3v) is 6.94. The number of carbonyl (C=O) groups is 1. The summed E-state index contributed by atoms with van der Waals surface area (Å²) in [6.45, 7) is 2.63. The van der Waals surface area contributed by atoms with Gasteiger partial charge in [-0.2, -0.15) is 0 Å². The summed E-state index contributed by atoms with van der Waals surface area (Å²) in [7, 11) is 1.90. The summed E-state index contributed by atoms with van der Waals surface area (Å²) < 4.78 is 0. The quantitative estimate of drug-likeness (QED) is 0.274. The van der Waals surface area contributed by atoms with E-state index >= 15 is 0 Å². The molecule has 34 heavy (non-hydrogen) atoms. The van der Waals surface area contributed by atoms with E-state index in [2.05, 4.69) is 20.6 Å². The van der Waals surface area contributed by atoms with Gasteiger partial charge in [0.1, 0.15) is 5.82 Å². The zero-order chi connectivity index (χ0) is 23.8. The van der Waals surface area contributed by atoms with Gasteiger partial charge in [-0.3, -0.25) is 9.78 Å². The number of ketones is 1. The van der Waals surface area contributed by atoms with E-state index in [1.165, 1.54) is 0 Å². The monoisotopic (exact) mass is 490 g/mol. The van der Waals surface area contributed by atoms with Crippen molar-refractivity contribution in [2.24, 2.45) is 5.92 Å². The third-order valence-electron chi connectivity index (χ3n) is 6.15. The smallest absolute Gasteiger partial charge is 0.169 e. The van der Waals surface area contributed by atoms with Gasteiger partial charge in [-0.25, -0.2) is 4.98 Å². The zero-order valence-corrected chi connectivity index (χ0v) is 20.5. The first kappa shape index (κ1) is 22.8. The van der Waals surface area contributed by atoms with E-state index < -0.39 is 0 Å². The second-order valence-electron chi connectivity index (χ2n) is 8.69. The molecule has 1 saturated carbocycles. The van der Waals surface area contributed by atoms with E-state index in [1.807, 2.05) is 62.6 Å². The lowest BCUT2D eigenvalue weighted by molar-refractivity contribution is 0.0968. The summed E-state index contributed by atoms with van der Waals surface area (Å²) in [5.74, 6) is 0.864. The predicted octanol–water partition coefficient (Wildman–Crippen LogP) is 6.97. The number of nitrogens with zero attached hydrogens (tertiary/aromatic N) is 2. The number of Topliss-reactive ketones (excluding diaryl/α,β-unsaturated/α-hetero) is 1. The Bertz CT molecular complexity index is 1380. The van der Waals surface area contributed by atoms with Gasteiger partial charge in [0, 0.05) is 40.3 Å². The van der Waals surface area contributed by atoms with Crippen molar-refractivity contribution in [1.29, 1.82) is 0 Å². The molecular formula is C27H24Cl2N4O. The van der Waals surface area contributed by atoms with Crippen molar-refractivity contribution in [2.45, 2.75) is 26.3 Å². The second-order valence-corrected chi connectivity index (χ2v) is 9.50. The Morgan fingerprint density at radius 1 is 1.00 bits per heavy atom. The van der Waals surface area contributed by atoms with Gasteiger partial charge in [0.2, 0.25) is 0 Å². The number of fused-ring (bicyclic) bond motifs is 1. The van der Waals surface area contributed by atoms with E-state index in [0.717, 1.165) is 58.2 Å². The van der Waals surface area contributed by atoms with Crippen LogP contribution in [0.25, 0.3) is 22.0 Å². The highest BCUT2D eigenvalue weighted by molar-refractivity contribution is 6.36. The van der Waals surface area contributed by atoms with E-state index in [0.29, 0.717) is 21.4 Å². The SMILES string of the molecule is CNCc1ccc(Nc2c(C(=O)C3CC3)cnc3ccc(-c4cc(Cl)c(C)c(Cl)c4)cc23)nc1. The molecule has 5 rings (SSSR count). The highest BCUT2D eigenvalue weighted by atomic mass is 35.5. The van der Waals surface area contributed by atoms with E-state index in [4.69, 9.17) is 23.2 Å². The first-order valence-electron chi connectivity index (χ1n) is 11.2. The molecule has 0 aliphatic heterocycles. The maximum Gasteiger partial charge on any atom is 0.169 e. The Balaban J connectivity index is 1.64. The molecule has 2 N–H and O–H groups in total. The number of aromatic nitrogens is 2. The van der Waals surface area contributed by atoms with Crippen LogP contribution in [0.15, 0.2) is 54.9 Å². The number of rotatable bonds is 7. The van der Waals surface area contributed by atoms with Gasteiger partial charge in [0.15, 0.2) is 5.78 Å². The number of nitrogens with one attached hydrogen (secondary N) is 2. The molecule has 0 amide bonds. The Kier molecular flexibility index (Phi) is 6.26. The second kappa shape index (κ2) is 9.34. The van der Waals surface area contributed by atoms with Crippen LogP contribution in [0.3, 0.4) is 0 Å². The van der Waals surface area contributed by atoms with Crippen LogP contribution in [0.1, 0.15) is 34.3 Å². The minimum absolute atomic E-state index is 0.0728. The molecule has 1 aliphatic carbocycles. The van der Waals surface area contributed by atoms with E-state index in [-0.39, 0.29) is 11.7 Å². The summed E-state index contributed by atoms with van der Waals surface area (Å²) in [5.41, 5.74) is 5.88. The molecule has 2 heterocycles. The summed E-state index contributed by atoms with van der Waals surface area (Å²) in [6, 6.07) is 13.7. The van der Waals surface area contributed by atoms with Gasteiger partial charge in [-0.15, -0.1) is 0 Å². The maximum absolute atomic E-state index is 13.1. The standard InChI is InChI=1S/C27H24Cl2N4O/c1-15-22(28)10-19(11-23(15)29)18-6-7-24-20(9-18)26(21(14-31-24)27(34)17-4-5-17)33-25-8-3-16(12-30-2)13-32-25/h3,6-11,13-14,17,30H,4-5,12H2,1-2H3,(H,31,32,33). The number of halogens is 2. The van der Waals surface area contributed by atoms with Crippen LogP contribution in [-0.2, 0) is 6.54 Å². The fourth-order valence-electron chi connectivity index (χ4n) is 4.01. The molecule has 1 aliphatic rings. The topological polar surface area (TPSA) is 66.9 Å². The van der Waals surface area contributed by atoms with Gasteiger partial charge >= 0.3 is 0 Å². The van der Waals surface area contributed by atoms with Crippen molar-refractivity contribution in [1.82, 2.24) is 15.3 Å². The number of pyridine rings is 2. The molecular weight excluding hydrogens is 467 g/mol. The van der Waals surface area contributed by atoms with Gasteiger partial charge in [-0.05, 0) is 79.4 Å². The number of benzene rings is 2. The Hall–Kier alpha value is -2.99. The minimum Gasteiger partial charge on any atom is -0.339 e. The van der Waals surface area contributed by atoms with Crippen LogP contribution >= 0.6 is 23.2 Å². The van der Waals surface area contributed by atoms with Crippen LogP contribution in [0, 0.1) is 12.8 Å². The van der Waals surface area contributed by atoms with Gasteiger partial charge < -0.3 is 10.6 Å². The number of anilines is 2. The van der Waals surface area contributed by atoms with Crippen molar-refractivity contribution in [3.8, 4) is 11.1 Å². The Morgan fingerprint density at radius 3 is 2.41 bits per heavy atom. The molecule has 0 bridgehead atoms. The first-order valence-corrected chi connectivity index (χ1v) is 12.0. The molecule has 1 fully saturated rings. The highest BCUT2D eigenvalue weighted by Crippen LogP contribution is 2.39. The Labute approximate surface area is 208 Å². The fourth-order valence-corrected chi connectivity index (χ4v) is 4.49. The normalized spacial score (nSPS) is 13.3. The van der Waals surface area contributed by atoms with Crippen molar-refractivity contribution < 1.29 is 4.79 Å². The van der Waals surface area contributed by atoms with Gasteiger partial charge in [-0.1, -0.05) is 35.3 Å². The van der Waals surface area contributed by atoms with Crippen molar-refractivity contribution in [3.05, 3.63) is 81.6 Å². The molecule has 0 unspecified atom stereocenters. The summed E-state index contributed by atoms with van der Waals surface area (Å²) in [5, 5.41) is 8.61. The Morgan fingerprint density at radius 2 is 1.76 bits per heavy atom. The van der Waals surface area contributed by atoms with Crippen LogP contribution < -0.4 is 10.6 Å². The van der Waals surface area contributed by atoms with Crippen LogP contribution in [0.2, 0.25) is 10.0 Å². The lowest BCUT2D eigenvalue weighted by Gasteiger charge is -2.15. The molecule has 2 aromatic heterocycles. The molecule has 7 heteroatoms. The average molecular weight is 491 g/mol. The molecule has 2 aromatic carbocycles. The molecule has 0 atom stereocenters. The number of hydrogen-bond donors (Lipinski definition) is 2. The molecule has 172 valence electrons. The van der Waals surface area contributed by atoms with Gasteiger partial charge in [0.05, 0.1) is 16.8 Å². The lowest BCUT2D eigenvalue weighted by Crippen LogP contribution is -2.09. The maximum atomic E-state index is 13.1. The van der Waals surface area contributed by atoms with Crippen molar-refractivity contribution >= 4 is 51.4 Å². The summed E-state index contributed by atoms with van der Waals surface area (Å²) >= 11 is 12.8. The zero-order valence-electron chi connectivity index (χ0n) is 19.0. The van der Waals surface area contributed by atoms with Gasteiger partial charge in [0.25, 0.3) is 0 Å². The van der Waals surface area contributed by atoms with Crippen LogP contribution in [0.4, 0.5) is 11.5 Å². The molecule has 0 spiro atoms. The van der Waals surface area contributed by atoms with E-state index in [1.54, 1.807) is 6.20 Å². The van der Waals surface area contributed by atoms with Crippen LogP contribution in [0.5, 0.6) is 0 Å². The van der Waals surface area contributed by atoms with E-state index in [9.17, 15) is 4.79 Å². The predicted molar refractivity (Wildman–Crippen MR) is 139 cm³/mol. The number of carbonyl (C=O) groups excluding carboxylic acids is 1. The molecule has 0 saturated heterocycles. The third kappa shape index (κ3) is 4.51. The summed E-state index contributed by atoms with van der Waals surface area (Å²) in [4.78, 5) is 22.3. The summed E-state index contributed by atoms with van der Waals surface area (Å²) in [6.07, 6.45) is 5.35. The minimum atomic E-state index is 0.0728. The van der Waals surface area contributed by atoms with Crippen molar-refractivity contribution in [3.63, 3.8) is 0 Å². The fraction of sp³-hybridized carbons (Fsp3) is 0.222. The molecule has 5 nitrogen and oxygen atoms in total. The van der Waals surface area contributed by atoms with Crippen LogP contribution in [-0.4, -0.2) is 22.8 Å². The molecule has 0 radical (unpaired) electrons. The molecule has 4 aromatic rings. The average Bonchev–Trinajstić information content (AvgIpc) is 3.69. The first-order chi connectivity index (χ1) is 16.4. The van der Waals surface area contributed by atoms with Crippen molar-refractivity contribution in [2.75, 3.05) is 12.4 Å². The largest absolute Gasteiger partial charge is 0.339 e. The number of hydrogen-bond acceptors (Lipinski definition) is 5. The lowest BCUT2D eigenvalue weighted by atomic mass is 9.98. The highest BCUT2D eigenvalue weighted by Gasteiger charge is 2.32.